The number of alkyl halides is 3. The minimum atomic E-state index is -2.28. The molecule has 1 N–H and O–H groups in total. The molecule has 0 saturated carbocycles. The molecule has 12 heteroatoms. The van der Waals surface area contributed by atoms with E-state index in [9.17, 15) is 14.4 Å². The lowest BCUT2D eigenvalue weighted by Gasteiger charge is -2.43. The van der Waals surface area contributed by atoms with E-state index in [1.807, 2.05) is 0 Å². The van der Waals surface area contributed by atoms with Gasteiger partial charge in [-0.25, -0.2) is 14.4 Å². The third kappa shape index (κ3) is 7.77. The lowest BCUT2D eigenvalue weighted by molar-refractivity contribution is -0.270. The van der Waals surface area contributed by atoms with E-state index in [1.165, 1.54) is 31.2 Å². The molecular formula is C29H24Cl3NO8. The lowest BCUT2D eigenvalue weighted by atomic mass is 9.98. The molecule has 1 aliphatic rings. The fourth-order valence-corrected chi connectivity index (χ4v) is 4.10. The van der Waals surface area contributed by atoms with Gasteiger partial charge < -0.3 is 23.7 Å². The van der Waals surface area contributed by atoms with E-state index in [4.69, 9.17) is 63.9 Å². The van der Waals surface area contributed by atoms with Crippen LogP contribution in [-0.4, -0.2) is 58.3 Å². The Bertz CT molecular complexity index is 1370. The SMILES string of the molecule is C[C@@H]1OC(OC(=N)C(Cl)(Cl)Cl)[C@@H](OC(=O)c2ccccc2)[C@H](OC(=O)c2ccccc2)[C@@H]1OC(=O)c1ccccc1. The van der Waals surface area contributed by atoms with Gasteiger partial charge in [0.2, 0.25) is 18.3 Å². The largest absolute Gasteiger partial charge is 0.452 e. The first-order valence-electron chi connectivity index (χ1n) is 12.3. The molecule has 0 spiro atoms. The summed E-state index contributed by atoms with van der Waals surface area (Å²) in [6.07, 6.45) is -6.93. The second kappa shape index (κ2) is 13.4. The fourth-order valence-electron chi connectivity index (χ4n) is 3.97. The Morgan fingerprint density at radius 1 is 0.634 bits per heavy atom. The minimum Gasteiger partial charge on any atom is -0.452 e. The summed E-state index contributed by atoms with van der Waals surface area (Å²) < 4.78 is 26.4. The molecular weight excluding hydrogens is 597 g/mol. The van der Waals surface area contributed by atoms with E-state index < -0.39 is 58.3 Å². The van der Waals surface area contributed by atoms with E-state index in [2.05, 4.69) is 0 Å². The summed E-state index contributed by atoms with van der Waals surface area (Å²) in [5.74, 6) is -3.22. The highest BCUT2D eigenvalue weighted by molar-refractivity contribution is 6.76. The van der Waals surface area contributed by atoms with Crippen LogP contribution in [0.15, 0.2) is 91.0 Å². The van der Waals surface area contributed by atoms with Crippen LogP contribution in [0.4, 0.5) is 0 Å². The fraction of sp³-hybridized carbons (Fsp3) is 0.241. The zero-order valence-corrected chi connectivity index (χ0v) is 23.7. The maximum atomic E-state index is 13.2. The molecule has 4 rings (SSSR count). The monoisotopic (exact) mass is 619 g/mol. The predicted molar refractivity (Wildman–Crippen MR) is 150 cm³/mol. The second-order valence-electron chi connectivity index (χ2n) is 8.86. The van der Waals surface area contributed by atoms with Gasteiger partial charge in [-0.15, -0.1) is 0 Å². The third-order valence-electron chi connectivity index (χ3n) is 5.98. The molecule has 214 valence electrons. The molecule has 1 aliphatic heterocycles. The highest BCUT2D eigenvalue weighted by Gasteiger charge is 2.53. The summed E-state index contributed by atoms with van der Waals surface area (Å²) in [5.41, 5.74) is 0.564. The molecule has 1 saturated heterocycles. The van der Waals surface area contributed by atoms with Crippen molar-refractivity contribution in [1.29, 1.82) is 5.41 Å². The van der Waals surface area contributed by atoms with Gasteiger partial charge in [-0.2, -0.15) is 0 Å². The van der Waals surface area contributed by atoms with Gasteiger partial charge in [0, 0.05) is 0 Å². The average molecular weight is 621 g/mol. The summed E-state index contributed by atoms with van der Waals surface area (Å²) in [4.78, 5) is 39.4. The van der Waals surface area contributed by atoms with Crippen molar-refractivity contribution in [3.63, 3.8) is 0 Å². The molecule has 9 nitrogen and oxygen atoms in total. The van der Waals surface area contributed by atoms with Crippen molar-refractivity contribution in [2.24, 2.45) is 0 Å². The maximum absolute atomic E-state index is 13.2. The molecule has 0 amide bonds. The van der Waals surface area contributed by atoms with Gasteiger partial charge in [0.1, 0.15) is 0 Å². The molecule has 3 aromatic rings. The molecule has 1 unspecified atom stereocenters. The van der Waals surface area contributed by atoms with Crippen molar-refractivity contribution < 1.29 is 38.1 Å². The zero-order chi connectivity index (χ0) is 29.6. The summed E-state index contributed by atoms with van der Waals surface area (Å²) in [6, 6.07) is 24.1. The van der Waals surface area contributed by atoms with Gasteiger partial charge in [0.05, 0.1) is 22.8 Å². The Labute approximate surface area is 250 Å². The van der Waals surface area contributed by atoms with Gasteiger partial charge in [-0.1, -0.05) is 89.4 Å². The number of halogens is 3. The highest BCUT2D eigenvalue weighted by Crippen LogP contribution is 2.34. The van der Waals surface area contributed by atoms with Crippen LogP contribution < -0.4 is 0 Å². The number of hydrogen-bond acceptors (Lipinski definition) is 9. The molecule has 0 radical (unpaired) electrons. The van der Waals surface area contributed by atoms with Crippen molar-refractivity contribution in [3.8, 4) is 0 Å². The third-order valence-corrected chi connectivity index (χ3v) is 6.49. The van der Waals surface area contributed by atoms with Crippen LogP contribution in [0.5, 0.6) is 0 Å². The quantitative estimate of drug-likeness (QED) is 0.116. The number of rotatable bonds is 7. The number of carbonyl (C=O) groups is 3. The molecule has 1 heterocycles. The molecule has 41 heavy (non-hydrogen) atoms. The standard InChI is InChI=1S/C29H24Cl3NO8/c1-17-21(38-24(34)18-11-5-2-6-12-18)22(39-25(35)19-13-7-3-8-14-19)23(27(37-17)41-28(33)29(30,31)32)40-26(36)20-15-9-4-10-16-20/h2-17,21-23,27,33H,1H3/t17-,21+,22+,23-,27?/m0/s1. The highest BCUT2D eigenvalue weighted by atomic mass is 35.6. The summed E-state index contributed by atoms with van der Waals surface area (Å²) in [5, 5.41) is 8.06. The van der Waals surface area contributed by atoms with E-state index in [0.717, 1.165) is 0 Å². The maximum Gasteiger partial charge on any atom is 0.338 e. The molecule has 1 fully saturated rings. The number of esters is 3. The topological polar surface area (TPSA) is 121 Å². The molecule has 0 aliphatic carbocycles. The van der Waals surface area contributed by atoms with Crippen LogP contribution >= 0.6 is 34.8 Å². The van der Waals surface area contributed by atoms with Crippen molar-refractivity contribution >= 4 is 58.6 Å². The molecule has 0 bridgehead atoms. The minimum absolute atomic E-state index is 0.160. The Morgan fingerprint density at radius 3 is 1.39 bits per heavy atom. The number of nitrogens with one attached hydrogen (secondary N) is 1. The van der Waals surface area contributed by atoms with Crippen molar-refractivity contribution in [2.45, 2.75) is 41.4 Å². The number of benzene rings is 3. The first kappa shape index (κ1) is 30.3. The van der Waals surface area contributed by atoms with Crippen LogP contribution in [0.3, 0.4) is 0 Å². The number of ether oxygens (including phenoxy) is 5. The van der Waals surface area contributed by atoms with Crippen LogP contribution in [0.1, 0.15) is 38.0 Å². The van der Waals surface area contributed by atoms with Gasteiger partial charge in [-0.3, -0.25) is 5.41 Å². The van der Waals surface area contributed by atoms with Crippen molar-refractivity contribution in [3.05, 3.63) is 108 Å². The smallest absolute Gasteiger partial charge is 0.338 e. The van der Waals surface area contributed by atoms with E-state index in [0.29, 0.717) is 0 Å². The number of carbonyl (C=O) groups excluding carboxylic acids is 3. The zero-order valence-electron chi connectivity index (χ0n) is 21.4. The first-order valence-corrected chi connectivity index (χ1v) is 13.4. The second-order valence-corrected chi connectivity index (χ2v) is 11.1. The Hall–Kier alpha value is -3.63. The Kier molecular flexibility index (Phi) is 9.88. The Balaban J connectivity index is 1.73. The van der Waals surface area contributed by atoms with Crippen LogP contribution in [0.25, 0.3) is 0 Å². The van der Waals surface area contributed by atoms with Gasteiger partial charge >= 0.3 is 17.9 Å². The molecule has 5 atom stereocenters. The van der Waals surface area contributed by atoms with Gasteiger partial charge in [0.25, 0.3) is 3.79 Å². The molecule has 3 aromatic carbocycles. The summed E-state index contributed by atoms with van der Waals surface area (Å²) >= 11 is 17.5. The predicted octanol–water partition coefficient (Wildman–Crippen LogP) is 5.77. The van der Waals surface area contributed by atoms with Gasteiger partial charge in [-0.05, 0) is 43.3 Å². The summed E-state index contributed by atoms with van der Waals surface area (Å²) in [7, 11) is 0. The van der Waals surface area contributed by atoms with Crippen LogP contribution in [-0.2, 0) is 23.7 Å². The lowest BCUT2D eigenvalue weighted by Crippen LogP contribution is -2.62. The summed E-state index contributed by atoms with van der Waals surface area (Å²) in [6.45, 7) is 1.52. The van der Waals surface area contributed by atoms with Crippen molar-refractivity contribution in [2.75, 3.05) is 0 Å². The number of hydrogen-bond donors (Lipinski definition) is 1. The van der Waals surface area contributed by atoms with Crippen LogP contribution in [0, 0.1) is 5.41 Å². The van der Waals surface area contributed by atoms with E-state index in [1.54, 1.807) is 66.7 Å². The Morgan fingerprint density at radius 2 is 1.00 bits per heavy atom. The molecule has 0 aromatic heterocycles. The average Bonchev–Trinajstić information content (AvgIpc) is 2.97. The van der Waals surface area contributed by atoms with Crippen LogP contribution in [0.2, 0.25) is 0 Å². The van der Waals surface area contributed by atoms with E-state index >= 15 is 0 Å². The van der Waals surface area contributed by atoms with Gasteiger partial charge in [0.15, 0.2) is 12.2 Å². The first-order chi connectivity index (χ1) is 19.5. The normalized spacial score (nSPS) is 22.2. The van der Waals surface area contributed by atoms with E-state index in [-0.39, 0.29) is 16.7 Å². The van der Waals surface area contributed by atoms with Crippen molar-refractivity contribution in [1.82, 2.24) is 0 Å².